The summed E-state index contributed by atoms with van der Waals surface area (Å²) >= 11 is 0. The van der Waals surface area contributed by atoms with Gasteiger partial charge in [0.1, 0.15) is 12.8 Å². The summed E-state index contributed by atoms with van der Waals surface area (Å²) in [6.07, 6.45) is 3.43. The Labute approximate surface area is 163 Å². The summed E-state index contributed by atoms with van der Waals surface area (Å²) in [5, 5.41) is 13.8. The highest BCUT2D eigenvalue weighted by atomic mass is 16.6. The molecule has 0 fully saturated rings. The van der Waals surface area contributed by atoms with Gasteiger partial charge in [0.25, 0.3) is 5.91 Å². The minimum Gasteiger partial charge on any atom is -0.444 e. The van der Waals surface area contributed by atoms with Gasteiger partial charge in [0.2, 0.25) is 0 Å². The molecule has 3 rings (SSSR count). The van der Waals surface area contributed by atoms with Crippen LogP contribution in [0.25, 0.3) is 0 Å². The Morgan fingerprint density at radius 2 is 2.07 bits per heavy atom. The Balaban J connectivity index is 1.56. The van der Waals surface area contributed by atoms with Gasteiger partial charge in [-0.05, 0) is 29.0 Å². The molecule has 0 spiro atoms. The first-order valence-electron chi connectivity index (χ1n) is 9.50. The minimum absolute atomic E-state index is 0.0473. The van der Waals surface area contributed by atoms with Crippen LogP contribution in [0.4, 0.5) is 5.82 Å². The molecule has 150 valence electrons. The third-order valence-electron chi connectivity index (χ3n) is 4.65. The molecule has 1 aromatic heterocycles. The highest BCUT2D eigenvalue weighted by Crippen LogP contribution is 2.19. The molecule has 1 N–H and O–H groups in total. The molecule has 1 aliphatic rings. The molecule has 1 aliphatic heterocycles. The van der Waals surface area contributed by atoms with Crippen LogP contribution >= 0.6 is 0 Å². The summed E-state index contributed by atoms with van der Waals surface area (Å²) in [5.74, 6) is -0.245. The molecule has 2 aromatic rings. The fourth-order valence-corrected chi connectivity index (χ4v) is 3.03. The molecule has 0 saturated carbocycles. The lowest BCUT2D eigenvalue weighted by Crippen LogP contribution is -2.33. The fraction of sp³-hybridized carbons (Fsp3) is 0.474. The second kappa shape index (κ2) is 9.32. The van der Waals surface area contributed by atoms with Crippen LogP contribution in [0.15, 0.2) is 30.5 Å². The molecule has 0 unspecified atom stereocenters. The van der Waals surface area contributed by atoms with Gasteiger partial charge in [0, 0.05) is 43.3 Å². The van der Waals surface area contributed by atoms with Gasteiger partial charge in [-0.2, -0.15) is 0 Å². The molecule has 9 heteroatoms. The highest BCUT2D eigenvalue weighted by Gasteiger charge is 2.22. The summed E-state index contributed by atoms with van der Waals surface area (Å²) in [5.41, 5.74) is 1.76. The predicted molar refractivity (Wildman–Crippen MR) is 103 cm³/mol. The van der Waals surface area contributed by atoms with E-state index in [0.29, 0.717) is 44.4 Å². The average Bonchev–Trinajstić information content (AvgIpc) is 3.07. The van der Waals surface area contributed by atoms with E-state index in [1.165, 1.54) is 6.20 Å². The van der Waals surface area contributed by atoms with Crippen molar-refractivity contribution in [2.75, 3.05) is 26.2 Å². The number of benzene rings is 1. The summed E-state index contributed by atoms with van der Waals surface area (Å²) in [6.45, 7) is 5.89. The first-order valence-corrected chi connectivity index (χ1v) is 9.50. The smallest absolute Gasteiger partial charge is 0.414 e. The number of aromatic nitrogens is 2. The number of unbranched alkanes of at least 4 members (excludes halogenated alkanes) is 1. The Morgan fingerprint density at radius 1 is 1.29 bits per heavy atom. The van der Waals surface area contributed by atoms with Crippen molar-refractivity contribution < 1.29 is 14.5 Å². The van der Waals surface area contributed by atoms with E-state index in [9.17, 15) is 14.9 Å². The van der Waals surface area contributed by atoms with Gasteiger partial charge in [0.15, 0.2) is 0 Å². The normalized spacial score (nSPS) is 14.5. The lowest BCUT2D eigenvalue weighted by molar-refractivity contribution is -0.389. The summed E-state index contributed by atoms with van der Waals surface area (Å²) in [6, 6.07) is 7.90. The van der Waals surface area contributed by atoms with E-state index < -0.39 is 4.92 Å². The van der Waals surface area contributed by atoms with Crippen LogP contribution in [0.2, 0.25) is 0 Å². The zero-order valence-corrected chi connectivity index (χ0v) is 16.0. The molecule has 0 atom stereocenters. The monoisotopic (exact) mass is 387 g/mol. The van der Waals surface area contributed by atoms with Crippen LogP contribution in [0.5, 0.6) is 6.01 Å². The lowest BCUT2D eigenvalue weighted by Gasteiger charge is -2.24. The number of nitrogens with zero attached hydrogens (tertiary/aromatic N) is 4. The Hall–Kier alpha value is -2.94. The van der Waals surface area contributed by atoms with Crippen molar-refractivity contribution in [3.05, 3.63) is 51.7 Å². The van der Waals surface area contributed by atoms with Crippen LogP contribution in [-0.2, 0) is 13.1 Å². The number of rotatable bonds is 7. The zero-order chi connectivity index (χ0) is 19.9. The van der Waals surface area contributed by atoms with Crippen molar-refractivity contribution in [2.45, 2.75) is 32.9 Å². The number of carbonyl (C=O) groups excluding carboxylic acids is 1. The Morgan fingerprint density at radius 3 is 2.79 bits per heavy atom. The molecular formula is C19H25N5O4. The van der Waals surface area contributed by atoms with Crippen molar-refractivity contribution >= 4 is 11.7 Å². The molecule has 0 bridgehead atoms. The molecule has 9 nitrogen and oxygen atoms in total. The van der Waals surface area contributed by atoms with Crippen molar-refractivity contribution in [3.8, 4) is 6.01 Å². The first kappa shape index (κ1) is 19.8. The highest BCUT2D eigenvalue weighted by molar-refractivity contribution is 5.94. The van der Waals surface area contributed by atoms with Gasteiger partial charge in [-0.1, -0.05) is 25.5 Å². The van der Waals surface area contributed by atoms with E-state index in [1.807, 2.05) is 24.3 Å². The number of hydrogen-bond acceptors (Lipinski definition) is 6. The second-order valence-corrected chi connectivity index (χ2v) is 6.76. The minimum atomic E-state index is -0.515. The summed E-state index contributed by atoms with van der Waals surface area (Å²) in [7, 11) is 0. The predicted octanol–water partition coefficient (Wildman–Crippen LogP) is 2.22. The molecular weight excluding hydrogens is 362 g/mol. The third kappa shape index (κ3) is 5.07. The van der Waals surface area contributed by atoms with E-state index >= 15 is 0 Å². The summed E-state index contributed by atoms with van der Waals surface area (Å²) < 4.78 is 7.25. The molecule has 0 radical (unpaired) electrons. The Bertz CT molecular complexity index is 818. The lowest BCUT2D eigenvalue weighted by atomic mass is 10.1. The van der Waals surface area contributed by atoms with Crippen LogP contribution < -0.4 is 10.1 Å². The number of ether oxygens (including phenoxy) is 1. The van der Waals surface area contributed by atoms with Crippen LogP contribution in [-0.4, -0.2) is 51.5 Å². The molecule has 0 saturated heterocycles. The number of imidazole rings is 1. The summed E-state index contributed by atoms with van der Waals surface area (Å²) in [4.78, 5) is 28.6. The topological polar surface area (TPSA) is 103 Å². The van der Waals surface area contributed by atoms with Crippen LogP contribution in [0.1, 0.15) is 35.7 Å². The number of nitro groups is 1. The molecule has 1 aromatic carbocycles. The quantitative estimate of drug-likeness (QED) is 0.444. The third-order valence-corrected chi connectivity index (χ3v) is 4.65. The van der Waals surface area contributed by atoms with Gasteiger partial charge in [-0.25, -0.2) is 0 Å². The standard InChI is InChI=1S/C19H25N5O4/c1-2-3-8-20-18(25)16-6-4-15(5-7-16)13-22-9-10-23-14-17(24(26)27)21-19(23)28-12-11-22/h4-7,14H,2-3,8-13H2,1H3,(H,20,25). The second-order valence-electron chi connectivity index (χ2n) is 6.76. The molecule has 28 heavy (non-hydrogen) atoms. The molecule has 1 amide bonds. The van der Waals surface area contributed by atoms with Crippen LogP contribution in [0, 0.1) is 10.1 Å². The molecule has 0 aliphatic carbocycles. The maximum absolute atomic E-state index is 12.1. The number of amides is 1. The van der Waals surface area contributed by atoms with Gasteiger partial charge in [0.05, 0.1) is 0 Å². The number of hydrogen-bond donors (Lipinski definition) is 1. The van der Waals surface area contributed by atoms with E-state index in [4.69, 9.17) is 4.74 Å². The zero-order valence-electron chi connectivity index (χ0n) is 16.0. The SMILES string of the molecule is CCCCNC(=O)c1ccc(CN2CCOc3nc([N+](=O)[O-])cn3CC2)cc1. The van der Waals surface area contributed by atoms with Gasteiger partial charge < -0.3 is 20.2 Å². The van der Waals surface area contributed by atoms with E-state index in [-0.39, 0.29) is 11.7 Å². The van der Waals surface area contributed by atoms with Gasteiger partial charge in [-0.3, -0.25) is 14.3 Å². The molecule has 2 heterocycles. The Kier molecular flexibility index (Phi) is 6.59. The first-order chi connectivity index (χ1) is 13.6. The average molecular weight is 387 g/mol. The maximum Gasteiger partial charge on any atom is 0.414 e. The van der Waals surface area contributed by atoms with Gasteiger partial charge >= 0.3 is 11.8 Å². The number of fused-ring (bicyclic) bond motifs is 1. The maximum atomic E-state index is 12.1. The van der Waals surface area contributed by atoms with Crippen molar-refractivity contribution in [1.29, 1.82) is 0 Å². The largest absolute Gasteiger partial charge is 0.444 e. The van der Waals surface area contributed by atoms with Gasteiger partial charge in [-0.15, -0.1) is 0 Å². The number of carbonyl (C=O) groups is 1. The van der Waals surface area contributed by atoms with E-state index in [1.54, 1.807) is 4.57 Å². The van der Waals surface area contributed by atoms with Crippen LogP contribution in [0.3, 0.4) is 0 Å². The fourth-order valence-electron chi connectivity index (χ4n) is 3.03. The van der Waals surface area contributed by atoms with E-state index in [0.717, 1.165) is 24.9 Å². The van der Waals surface area contributed by atoms with Crippen molar-refractivity contribution in [2.24, 2.45) is 0 Å². The van der Waals surface area contributed by atoms with E-state index in [2.05, 4.69) is 22.1 Å². The van der Waals surface area contributed by atoms with Crippen molar-refractivity contribution in [1.82, 2.24) is 19.8 Å². The van der Waals surface area contributed by atoms with Crippen molar-refractivity contribution in [3.63, 3.8) is 0 Å². The number of nitrogens with one attached hydrogen (secondary N) is 1.